The van der Waals surface area contributed by atoms with E-state index in [9.17, 15) is 4.79 Å². The van der Waals surface area contributed by atoms with Crippen molar-refractivity contribution in [2.45, 2.75) is 65.6 Å². The van der Waals surface area contributed by atoms with Crippen LogP contribution in [-0.2, 0) is 16.1 Å². The summed E-state index contributed by atoms with van der Waals surface area (Å²) < 4.78 is 17.0. The number of ether oxygens (including phenoxy) is 3. The highest BCUT2D eigenvalue weighted by molar-refractivity contribution is 5.88. The van der Waals surface area contributed by atoms with Crippen LogP contribution < -0.4 is 20.5 Å². The molecule has 1 aliphatic carbocycles. The summed E-state index contributed by atoms with van der Waals surface area (Å²) in [6, 6.07) is 5.71. The summed E-state index contributed by atoms with van der Waals surface area (Å²) in [4.78, 5) is 12.8. The van der Waals surface area contributed by atoms with Crippen molar-refractivity contribution >= 4 is 18.3 Å². The van der Waals surface area contributed by atoms with E-state index in [1.54, 1.807) is 7.11 Å². The first-order valence-corrected chi connectivity index (χ1v) is 10.1. The maximum absolute atomic E-state index is 12.8. The number of hydrogen-bond donors (Lipinski definition) is 2. The maximum Gasteiger partial charge on any atom is 0.241 e. The number of nitrogens with one attached hydrogen (secondary N) is 1. The minimum Gasteiger partial charge on any atom is -0.493 e. The van der Waals surface area contributed by atoms with Gasteiger partial charge in [0, 0.05) is 25.0 Å². The minimum atomic E-state index is -0.920. The topological polar surface area (TPSA) is 82.8 Å². The van der Waals surface area contributed by atoms with Crippen molar-refractivity contribution in [1.29, 1.82) is 0 Å². The average molecular weight is 429 g/mol. The van der Waals surface area contributed by atoms with Crippen LogP contribution in [0.1, 0.15) is 53.0 Å². The molecule has 1 aromatic rings. The van der Waals surface area contributed by atoms with Gasteiger partial charge in [-0.3, -0.25) is 4.79 Å². The second-order valence-corrected chi connectivity index (χ2v) is 8.54. The van der Waals surface area contributed by atoms with Crippen LogP contribution in [0.25, 0.3) is 0 Å². The predicted molar refractivity (Wildman–Crippen MR) is 118 cm³/mol. The summed E-state index contributed by atoms with van der Waals surface area (Å²) in [5.41, 5.74) is 6.04. The molecule has 6 nitrogen and oxygen atoms in total. The molecule has 1 aromatic carbocycles. The Kier molecular flexibility index (Phi) is 9.25. The molecule has 0 aromatic heterocycles. The lowest BCUT2D eigenvalue weighted by Crippen LogP contribution is -2.75. The minimum absolute atomic E-state index is 0. The Labute approximate surface area is 181 Å². The van der Waals surface area contributed by atoms with Gasteiger partial charge >= 0.3 is 0 Å². The quantitative estimate of drug-likeness (QED) is 0.593. The number of hydrogen-bond acceptors (Lipinski definition) is 5. The van der Waals surface area contributed by atoms with Crippen molar-refractivity contribution in [3.8, 4) is 11.5 Å². The zero-order valence-corrected chi connectivity index (χ0v) is 19.4. The molecule has 1 saturated carbocycles. The summed E-state index contributed by atoms with van der Waals surface area (Å²) >= 11 is 0. The Bertz CT molecular complexity index is 681. The molecule has 0 bridgehead atoms. The first-order valence-electron chi connectivity index (χ1n) is 10.1. The zero-order valence-electron chi connectivity index (χ0n) is 18.5. The van der Waals surface area contributed by atoms with Gasteiger partial charge in [0.05, 0.1) is 19.8 Å². The third-order valence-corrected chi connectivity index (χ3v) is 5.87. The predicted octanol–water partition coefficient (Wildman–Crippen LogP) is 3.69. The third-order valence-electron chi connectivity index (χ3n) is 5.87. The number of nitrogens with two attached hydrogens (primary N) is 1. The molecule has 0 heterocycles. The van der Waals surface area contributed by atoms with Crippen LogP contribution >= 0.6 is 12.4 Å². The summed E-state index contributed by atoms with van der Waals surface area (Å²) in [5, 5.41) is 2.97. The van der Waals surface area contributed by atoms with Crippen LogP contribution in [0.5, 0.6) is 11.5 Å². The Hall–Kier alpha value is -1.50. The number of amides is 1. The number of carbonyl (C=O) groups is 1. The van der Waals surface area contributed by atoms with Gasteiger partial charge in [-0.1, -0.05) is 33.8 Å². The zero-order chi connectivity index (χ0) is 20.9. The molecule has 7 heteroatoms. The van der Waals surface area contributed by atoms with E-state index in [1.165, 1.54) is 0 Å². The lowest BCUT2D eigenvalue weighted by Gasteiger charge is -2.57. The average Bonchev–Trinajstić information content (AvgIpc) is 2.65. The molecule has 0 aliphatic heterocycles. The van der Waals surface area contributed by atoms with Crippen LogP contribution in [0.2, 0.25) is 0 Å². The molecule has 29 heavy (non-hydrogen) atoms. The van der Waals surface area contributed by atoms with E-state index in [1.807, 2.05) is 39.0 Å². The standard InChI is InChI=1S/C22H36N2O4.ClH/c1-7-27-19-13-22(23,21(19,4)5)20(25)24-14-16-8-9-17(18(12-16)26-6)28-11-10-15(2)3;/h8-9,12,15,19H,7,10-11,13-14,23H2,1-6H3,(H,24,25);1H. The largest absolute Gasteiger partial charge is 0.493 e. The second-order valence-electron chi connectivity index (χ2n) is 8.54. The molecule has 2 unspecified atom stereocenters. The molecule has 3 N–H and O–H groups in total. The van der Waals surface area contributed by atoms with E-state index < -0.39 is 11.0 Å². The van der Waals surface area contributed by atoms with Gasteiger partial charge in [-0.2, -0.15) is 0 Å². The lowest BCUT2D eigenvalue weighted by atomic mass is 9.54. The summed E-state index contributed by atoms with van der Waals surface area (Å²) in [6.07, 6.45) is 1.53. The number of carbonyl (C=O) groups excluding carboxylic acids is 1. The summed E-state index contributed by atoms with van der Waals surface area (Å²) in [6.45, 7) is 11.9. The third kappa shape index (κ3) is 5.56. The molecule has 1 fully saturated rings. The Morgan fingerprint density at radius 1 is 1.31 bits per heavy atom. The van der Waals surface area contributed by atoms with Crippen molar-refractivity contribution in [2.24, 2.45) is 17.1 Å². The molecule has 1 aliphatic rings. The van der Waals surface area contributed by atoms with Crippen LogP contribution in [-0.4, -0.2) is 37.9 Å². The van der Waals surface area contributed by atoms with Crippen molar-refractivity contribution < 1.29 is 19.0 Å². The van der Waals surface area contributed by atoms with Gasteiger partial charge in [-0.05, 0) is 37.0 Å². The molecule has 2 atom stereocenters. The van der Waals surface area contributed by atoms with E-state index in [4.69, 9.17) is 19.9 Å². The molecule has 0 radical (unpaired) electrons. The first-order chi connectivity index (χ1) is 13.2. The van der Waals surface area contributed by atoms with Crippen molar-refractivity contribution in [2.75, 3.05) is 20.3 Å². The Balaban J connectivity index is 0.00000420. The van der Waals surface area contributed by atoms with Gasteiger partial charge in [0.15, 0.2) is 11.5 Å². The van der Waals surface area contributed by atoms with Gasteiger partial charge in [0.1, 0.15) is 5.54 Å². The van der Waals surface area contributed by atoms with Gasteiger partial charge in [0.2, 0.25) is 5.91 Å². The molecule has 2 rings (SSSR count). The number of halogens is 1. The molecule has 0 saturated heterocycles. The highest BCUT2D eigenvalue weighted by Crippen LogP contribution is 2.49. The van der Waals surface area contributed by atoms with E-state index in [0.717, 1.165) is 12.0 Å². The first kappa shape index (κ1) is 25.5. The summed E-state index contributed by atoms with van der Waals surface area (Å²) in [5.74, 6) is 1.82. The number of rotatable bonds is 10. The highest BCUT2D eigenvalue weighted by atomic mass is 35.5. The fourth-order valence-electron chi connectivity index (χ4n) is 3.51. The van der Waals surface area contributed by atoms with Crippen molar-refractivity contribution in [3.05, 3.63) is 23.8 Å². The Morgan fingerprint density at radius 3 is 2.55 bits per heavy atom. The van der Waals surface area contributed by atoms with Crippen LogP contribution in [0.15, 0.2) is 18.2 Å². The SMILES string of the molecule is CCOC1CC(N)(C(=O)NCc2ccc(OCCC(C)C)c(OC)c2)C1(C)C.Cl. The molecular weight excluding hydrogens is 392 g/mol. The molecule has 166 valence electrons. The van der Waals surface area contributed by atoms with Gasteiger partial charge in [-0.15, -0.1) is 12.4 Å². The normalized spacial score (nSPS) is 22.4. The van der Waals surface area contributed by atoms with Crippen LogP contribution in [0, 0.1) is 11.3 Å². The van der Waals surface area contributed by atoms with E-state index in [-0.39, 0.29) is 24.4 Å². The second kappa shape index (κ2) is 10.5. The van der Waals surface area contributed by atoms with Gasteiger partial charge in [-0.25, -0.2) is 0 Å². The number of benzene rings is 1. The molecule has 0 spiro atoms. The fourth-order valence-corrected chi connectivity index (χ4v) is 3.51. The smallest absolute Gasteiger partial charge is 0.241 e. The van der Waals surface area contributed by atoms with E-state index in [0.29, 0.717) is 43.6 Å². The Morgan fingerprint density at radius 2 is 2.00 bits per heavy atom. The lowest BCUT2D eigenvalue weighted by molar-refractivity contribution is -0.170. The van der Waals surface area contributed by atoms with Gasteiger partial charge < -0.3 is 25.3 Å². The molecular formula is C22H37ClN2O4. The molecule has 1 amide bonds. The van der Waals surface area contributed by atoms with Crippen LogP contribution in [0.4, 0.5) is 0 Å². The van der Waals surface area contributed by atoms with Gasteiger partial charge in [0.25, 0.3) is 0 Å². The summed E-state index contributed by atoms with van der Waals surface area (Å²) in [7, 11) is 1.62. The van der Waals surface area contributed by atoms with E-state index >= 15 is 0 Å². The van der Waals surface area contributed by atoms with E-state index in [2.05, 4.69) is 19.2 Å². The number of methoxy groups -OCH3 is 1. The monoisotopic (exact) mass is 428 g/mol. The van der Waals surface area contributed by atoms with Crippen molar-refractivity contribution in [1.82, 2.24) is 5.32 Å². The van der Waals surface area contributed by atoms with Crippen molar-refractivity contribution in [3.63, 3.8) is 0 Å². The maximum atomic E-state index is 12.8. The highest BCUT2D eigenvalue weighted by Gasteiger charge is 2.62. The van der Waals surface area contributed by atoms with Crippen LogP contribution in [0.3, 0.4) is 0 Å². The fraction of sp³-hybridized carbons (Fsp3) is 0.682.